The highest BCUT2D eigenvalue weighted by Gasteiger charge is 2.79. The van der Waals surface area contributed by atoms with Crippen molar-refractivity contribution in [2.75, 3.05) is 32.8 Å². The van der Waals surface area contributed by atoms with Crippen molar-refractivity contribution in [1.82, 2.24) is 29.7 Å². The lowest BCUT2D eigenvalue weighted by Gasteiger charge is -2.37. The van der Waals surface area contributed by atoms with Gasteiger partial charge in [0.25, 0.3) is 0 Å². The van der Waals surface area contributed by atoms with Crippen LogP contribution in [0.2, 0.25) is 0 Å². The summed E-state index contributed by atoms with van der Waals surface area (Å²) in [7, 11) is 0. The van der Waals surface area contributed by atoms with Crippen LogP contribution in [0.1, 0.15) is 65.2 Å². The number of hydrogen-bond acceptors (Lipinski definition) is 7. The van der Waals surface area contributed by atoms with Crippen LogP contribution in [0.5, 0.6) is 0 Å². The highest BCUT2D eigenvalue weighted by molar-refractivity contribution is 5.99. The highest BCUT2D eigenvalue weighted by Crippen LogP contribution is 2.64. The van der Waals surface area contributed by atoms with Crippen LogP contribution in [0.4, 0.5) is 0 Å². The third kappa shape index (κ3) is 5.69. The van der Waals surface area contributed by atoms with Crippen molar-refractivity contribution in [2.45, 2.75) is 89.1 Å². The highest BCUT2D eigenvalue weighted by atomic mass is 16.5. The van der Waals surface area contributed by atoms with Crippen LogP contribution in [0.15, 0.2) is 49.6 Å². The molecular formula is C34H48N6O5. The molecule has 3 aliphatic rings. The molecule has 5 rings (SSSR count). The second-order valence-corrected chi connectivity index (χ2v) is 12.6. The van der Waals surface area contributed by atoms with Gasteiger partial charge in [-0.1, -0.05) is 56.2 Å². The summed E-state index contributed by atoms with van der Waals surface area (Å²) in [5.74, 6) is -1.92. The van der Waals surface area contributed by atoms with Gasteiger partial charge in [-0.15, -0.1) is 18.3 Å². The van der Waals surface area contributed by atoms with Crippen molar-refractivity contribution < 1.29 is 24.2 Å². The standard InChI is InChI=1S/C34H48N6O5/c1-5-19-37(20-6-2)30(42)27-28-31(43)39(22-13-9-10-14-23-41)29(34(28)18-17-33(27,8-4)45-34)32(44)38(21-7-3)24-40-26-16-12-11-15-25(26)35-36-40/h5,7,11-12,15-16,27-29,41H,1,3,6,8-10,13-14,17-24H2,2,4H3/t27-,28-,29?,33+,34?/m0/s1. The molecule has 3 fully saturated rings. The van der Waals surface area contributed by atoms with Gasteiger partial charge >= 0.3 is 0 Å². The van der Waals surface area contributed by atoms with E-state index in [2.05, 4.69) is 23.5 Å². The Kier molecular flexibility index (Phi) is 10.1. The smallest absolute Gasteiger partial charge is 0.250 e. The lowest BCUT2D eigenvalue weighted by Crippen LogP contribution is -2.56. The number of para-hydroxylation sites is 1. The number of carbonyl (C=O) groups excluding carboxylic acids is 3. The van der Waals surface area contributed by atoms with Crippen LogP contribution < -0.4 is 0 Å². The van der Waals surface area contributed by atoms with Gasteiger partial charge in [0.05, 0.1) is 23.0 Å². The van der Waals surface area contributed by atoms with Crippen LogP contribution in [-0.4, -0.2) is 103 Å². The zero-order valence-corrected chi connectivity index (χ0v) is 26.8. The number of aliphatic hydroxyl groups excluding tert-OH is 1. The number of nitrogens with zero attached hydrogens (tertiary/aromatic N) is 6. The molecule has 1 aromatic heterocycles. The Morgan fingerprint density at radius 3 is 2.51 bits per heavy atom. The van der Waals surface area contributed by atoms with Gasteiger partial charge in [-0.25, -0.2) is 4.68 Å². The van der Waals surface area contributed by atoms with E-state index >= 15 is 0 Å². The normalized spacial score (nSPS) is 26.8. The molecule has 1 spiro atoms. The summed E-state index contributed by atoms with van der Waals surface area (Å²) in [4.78, 5) is 48.9. The number of aromatic nitrogens is 3. The molecule has 1 N–H and O–H groups in total. The third-order valence-corrected chi connectivity index (χ3v) is 10.0. The van der Waals surface area contributed by atoms with Crippen LogP contribution in [-0.2, 0) is 25.8 Å². The minimum atomic E-state index is -1.11. The molecule has 11 nitrogen and oxygen atoms in total. The molecule has 3 aliphatic heterocycles. The summed E-state index contributed by atoms with van der Waals surface area (Å²) >= 11 is 0. The van der Waals surface area contributed by atoms with Gasteiger partial charge in [-0.3, -0.25) is 14.4 Å². The van der Waals surface area contributed by atoms with Crippen LogP contribution in [0, 0.1) is 11.8 Å². The molecule has 0 radical (unpaired) electrons. The lowest BCUT2D eigenvalue weighted by molar-refractivity contribution is -0.155. The molecule has 3 amide bonds. The zero-order chi connectivity index (χ0) is 32.2. The molecule has 0 saturated carbocycles. The fraction of sp³-hybridized carbons (Fsp3) is 0.618. The number of amides is 3. The van der Waals surface area contributed by atoms with Gasteiger partial charge < -0.3 is 24.5 Å². The van der Waals surface area contributed by atoms with Gasteiger partial charge in [0.2, 0.25) is 17.7 Å². The predicted molar refractivity (Wildman–Crippen MR) is 171 cm³/mol. The Hall–Kier alpha value is -3.57. The number of fused-ring (bicyclic) bond motifs is 2. The molecule has 5 atom stereocenters. The van der Waals surface area contributed by atoms with Gasteiger partial charge in [0, 0.05) is 32.8 Å². The fourth-order valence-electron chi connectivity index (χ4n) is 8.00. The van der Waals surface area contributed by atoms with Crippen molar-refractivity contribution in [3.63, 3.8) is 0 Å². The van der Waals surface area contributed by atoms with Crippen LogP contribution in [0.3, 0.4) is 0 Å². The lowest BCUT2D eigenvalue weighted by atomic mass is 9.64. The first kappa shape index (κ1) is 32.8. The van der Waals surface area contributed by atoms with E-state index in [0.29, 0.717) is 51.7 Å². The third-order valence-electron chi connectivity index (χ3n) is 10.0. The molecule has 45 heavy (non-hydrogen) atoms. The van der Waals surface area contributed by atoms with Crippen molar-refractivity contribution in [1.29, 1.82) is 0 Å². The first-order valence-electron chi connectivity index (χ1n) is 16.5. The summed E-state index contributed by atoms with van der Waals surface area (Å²) in [6.45, 7) is 13.6. The Morgan fingerprint density at radius 2 is 1.80 bits per heavy atom. The van der Waals surface area contributed by atoms with E-state index in [0.717, 1.165) is 30.3 Å². The summed E-state index contributed by atoms with van der Waals surface area (Å²) in [6.07, 6.45) is 8.92. The average Bonchev–Trinajstić information content (AvgIpc) is 3.77. The number of hydrogen-bond donors (Lipinski definition) is 1. The number of rotatable bonds is 17. The van der Waals surface area contributed by atoms with E-state index in [1.54, 1.807) is 31.5 Å². The molecule has 244 valence electrons. The number of unbranched alkanes of at least 4 members (excludes halogenated alkanes) is 3. The second-order valence-electron chi connectivity index (χ2n) is 12.6. The van der Waals surface area contributed by atoms with E-state index in [9.17, 15) is 19.5 Å². The summed E-state index contributed by atoms with van der Waals surface area (Å²) in [5.41, 5.74) is -0.388. The van der Waals surface area contributed by atoms with Crippen LogP contribution >= 0.6 is 0 Å². The first-order chi connectivity index (χ1) is 21.8. The average molecular weight is 621 g/mol. The maximum Gasteiger partial charge on any atom is 0.250 e. The van der Waals surface area contributed by atoms with Crippen molar-refractivity contribution in [2.24, 2.45) is 11.8 Å². The zero-order valence-electron chi connectivity index (χ0n) is 26.8. The van der Waals surface area contributed by atoms with Gasteiger partial charge in [0.15, 0.2) is 0 Å². The van der Waals surface area contributed by atoms with E-state index in [1.807, 2.05) is 38.1 Å². The molecule has 0 aliphatic carbocycles. The number of carbonyl (C=O) groups is 3. The van der Waals surface area contributed by atoms with Crippen molar-refractivity contribution >= 4 is 28.8 Å². The quantitative estimate of drug-likeness (QED) is 0.212. The SMILES string of the molecule is C=CCN(Cn1nnc2ccccc21)C(=O)C1N(CCCCCCO)C(=O)[C@@H]2[C@@H](C(=O)N(CC=C)CCC)[C@@]3(CC)CCC12O3. The fourth-order valence-corrected chi connectivity index (χ4v) is 8.00. The largest absolute Gasteiger partial charge is 0.396 e. The maximum absolute atomic E-state index is 14.8. The second kappa shape index (κ2) is 13.8. The van der Waals surface area contributed by atoms with E-state index in [1.165, 1.54) is 0 Å². The summed E-state index contributed by atoms with van der Waals surface area (Å²) < 4.78 is 8.68. The molecule has 11 heteroatoms. The Bertz CT molecular complexity index is 1410. The number of benzene rings is 1. The van der Waals surface area contributed by atoms with E-state index < -0.39 is 29.1 Å². The topological polar surface area (TPSA) is 121 Å². The number of likely N-dealkylation sites (tertiary alicyclic amines) is 1. The molecule has 4 heterocycles. The van der Waals surface area contributed by atoms with Crippen molar-refractivity contribution in [3.8, 4) is 0 Å². The summed E-state index contributed by atoms with van der Waals surface area (Å²) in [5, 5.41) is 17.8. The Morgan fingerprint density at radius 1 is 1.07 bits per heavy atom. The number of ether oxygens (including phenoxy) is 1. The molecule has 1 aromatic carbocycles. The van der Waals surface area contributed by atoms with Crippen LogP contribution in [0.25, 0.3) is 11.0 Å². The Labute approximate surface area is 265 Å². The van der Waals surface area contributed by atoms with E-state index in [-0.39, 0.29) is 37.5 Å². The maximum atomic E-state index is 14.8. The molecular weight excluding hydrogens is 572 g/mol. The molecule has 3 saturated heterocycles. The monoisotopic (exact) mass is 620 g/mol. The van der Waals surface area contributed by atoms with Gasteiger partial charge in [-0.05, 0) is 50.7 Å². The molecule has 2 unspecified atom stereocenters. The molecule has 2 bridgehead atoms. The van der Waals surface area contributed by atoms with Gasteiger partial charge in [0.1, 0.15) is 23.8 Å². The Balaban J connectivity index is 1.53. The molecule has 2 aromatic rings. The van der Waals surface area contributed by atoms with Gasteiger partial charge in [-0.2, -0.15) is 0 Å². The minimum absolute atomic E-state index is 0.0912. The van der Waals surface area contributed by atoms with Crippen molar-refractivity contribution in [3.05, 3.63) is 49.6 Å². The predicted octanol–water partition coefficient (Wildman–Crippen LogP) is 3.54. The number of aliphatic hydroxyl groups is 1. The summed E-state index contributed by atoms with van der Waals surface area (Å²) in [6, 6.07) is 6.69. The minimum Gasteiger partial charge on any atom is -0.396 e. The first-order valence-corrected chi connectivity index (χ1v) is 16.5. The van der Waals surface area contributed by atoms with E-state index in [4.69, 9.17) is 4.74 Å².